The molecular weight excluding hydrogens is 444 g/mol. The molecule has 4 rings (SSSR count). The lowest BCUT2D eigenvalue weighted by molar-refractivity contribution is -0.194. The van der Waals surface area contributed by atoms with Crippen LogP contribution in [0.1, 0.15) is 17.5 Å². The summed E-state index contributed by atoms with van der Waals surface area (Å²) < 4.78 is 11.1. The minimum atomic E-state index is -1.06. The number of hydrogen-bond donors (Lipinski definition) is 2. The van der Waals surface area contributed by atoms with Crippen LogP contribution in [0.15, 0.2) is 42.5 Å². The number of fused-ring (bicyclic) bond motifs is 1. The molecule has 176 valence electrons. The molecule has 1 fully saturated rings. The first-order valence-corrected chi connectivity index (χ1v) is 11.2. The Morgan fingerprint density at radius 3 is 2.42 bits per heavy atom. The molecule has 2 heterocycles. The molecule has 3 amide bonds. The highest BCUT2D eigenvalue weighted by Gasteiger charge is 2.50. The number of nitrogens with zero attached hydrogens (tertiary/aromatic N) is 2. The van der Waals surface area contributed by atoms with Crippen molar-refractivity contribution in [2.24, 2.45) is 0 Å². The Kier molecular flexibility index (Phi) is 6.90. The minimum absolute atomic E-state index is 0.119. The van der Waals surface area contributed by atoms with Crippen LogP contribution in [0.4, 0.5) is 16.2 Å². The summed E-state index contributed by atoms with van der Waals surface area (Å²) in [4.78, 5) is 30.1. The number of rotatable bonds is 5. The molecule has 0 aliphatic carbocycles. The molecule has 0 aromatic heterocycles. The number of urea groups is 1. The van der Waals surface area contributed by atoms with E-state index in [0.717, 1.165) is 19.5 Å². The van der Waals surface area contributed by atoms with Crippen LogP contribution in [-0.2, 0) is 27.2 Å². The third kappa shape index (κ3) is 5.14. The van der Waals surface area contributed by atoms with Crippen LogP contribution in [0.25, 0.3) is 0 Å². The molecule has 8 nitrogen and oxygen atoms in total. The van der Waals surface area contributed by atoms with Crippen molar-refractivity contribution in [1.29, 1.82) is 0 Å². The largest absolute Gasteiger partial charge is 0.351 e. The van der Waals surface area contributed by atoms with E-state index in [9.17, 15) is 9.59 Å². The third-order valence-corrected chi connectivity index (χ3v) is 6.62. The van der Waals surface area contributed by atoms with Crippen molar-refractivity contribution in [2.45, 2.75) is 31.2 Å². The molecule has 2 aliphatic heterocycles. The Labute approximate surface area is 198 Å². The average molecular weight is 473 g/mol. The number of hydrogen-bond acceptors (Lipinski definition) is 5. The number of amides is 3. The first kappa shape index (κ1) is 23.5. The Morgan fingerprint density at radius 2 is 1.73 bits per heavy atom. The number of likely N-dealkylation sites (N-methyl/N-ethyl adjacent to an activating group) is 1. The summed E-state index contributed by atoms with van der Waals surface area (Å²) in [5, 5.41) is 6.38. The number of halogens is 1. The highest BCUT2D eigenvalue weighted by atomic mass is 35.5. The number of ether oxygens (including phenoxy) is 2. The van der Waals surface area contributed by atoms with Gasteiger partial charge in [0, 0.05) is 50.1 Å². The molecule has 2 aromatic carbocycles. The second-order valence-corrected chi connectivity index (χ2v) is 9.00. The molecule has 0 bridgehead atoms. The topological polar surface area (TPSA) is 83.1 Å². The number of carbonyl (C=O) groups is 2. The lowest BCUT2D eigenvalue weighted by Gasteiger charge is -2.26. The summed E-state index contributed by atoms with van der Waals surface area (Å²) >= 11 is 5.93. The first-order valence-electron chi connectivity index (χ1n) is 10.9. The first-order chi connectivity index (χ1) is 15.8. The number of likely N-dealkylation sites (tertiary alicyclic amines) is 1. The van der Waals surface area contributed by atoms with Crippen LogP contribution in [0.2, 0.25) is 5.02 Å². The minimum Gasteiger partial charge on any atom is -0.351 e. The second-order valence-electron chi connectivity index (χ2n) is 8.56. The molecule has 0 radical (unpaired) electrons. The number of carbonyl (C=O) groups excluding carboxylic acids is 2. The molecular formula is C24H29ClN4O4. The van der Waals surface area contributed by atoms with Gasteiger partial charge in [0.1, 0.15) is 6.04 Å². The Bertz CT molecular complexity index is 1030. The molecule has 0 saturated carbocycles. The van der Waals surface area contributed by atoms with Gasteiger partial charge in [-0.2, -0.15) is 0 Å². The smallest absolute Gasteiger partial charge is 0.322 e. The normalized spacial score (nSPS) is 19.8. The van der Waals surface area contributed by atoms with Gasteiger partial charge in [0.05, 0.1) is 6.54 Å². The van der Waals surface area contributed by atoms with Crippen LogP contribution in [0, 0.1) is 0 Å². The van der Waals surface area contributed by atoms with Gasteiger partial charge in [-0.3, -0.25) is 4.79 Å². The summed E-state index contributed by atoms with van der Waals surface area (Å²) in [6.07, 6.45) is 1.15. The van der Waals surface area contributed by atoms with E-state index in [2.05, 4.69) is 28.6 Å². The fraction of sp³-hybridized carbons (Fsp3) is 0.417. The average Bonchev–Trinajstić information content (AvgIpc) is 3.22. The maximum Gasteiger partial charge on any atom is 0.322 e. The van der Waals surface area contributed by atoms with Crippen molar-refractivity contribution in [3.05, 3.63) is 58.6 Å². The predicted molar refractivity (Wildman–Crippen MR) is 127 cm³/mol. The fourth-order valence-corrected chi connectivity index (χ4v) is 4.52. The van der Waals surface area contributed by atoms with E-state index in [0.29, 0.717) is 16.4 Å². The second kappa shape index (κ2) is 9.69. The highest BCUT2D eigenvalue weighted by Crippen LogP contribution is 2.32. The number of anilines is 2. The van der Waals surface area contributed by atoms with Crippen LogP contribution in [0.3, 0.4) is 0 Å². The molecule has 33 heavy (non-hydrogen) atoms. The van der Waals surface area contributed by atoms with Gasteiger partial charge in [0.15, 0.2) is 5.79 Å². The molecule has 0 spiro atoms. The molecule has 2 aliphatic rings. The SMILES string of the molecule is COC1(OC)C[C@H](C(=O)Nc2ccc3c(c2)CCN(C)C3)N(C(=O)Nc2ccc(Cl)cc2)C1. The van der Waals surface area contributed by atoms with Crippen LogP contribution >= 0.6 is 11.6 Å². The third-order valence-electron chi connectivity index (χ3n) is 6.37. The maximum absolute atomic E-state index is 13.3. The molecule has 2 aromatic rings. The van der Waals surface area contributed by atoms with Crippen molar-refractivity contribution in [2.75, 3.05) is 45.0 Å². The van der Waals surface area contributed by atoms with Crippen molar-refractivity contribution in [3.8, 4) is 0 Å². The van der Waals surface area contributed by atoms with E-state index in [1.807, 2.05) is 12.1 Å². The van der Waals surface area contributed by atoms with Crippen molar-refractivity contribution >= 4 is 34.9 Å². The van der Waals surface area contributed by atoms with Gasteiger partial charge in [0.25, 0.3) is 0 Å². The van der Waals surface area contributed by atoms with Crippen molar-refractivity contribution < 1.29 is 19.1 Å². The summed E-state index contributed by atoms with van der Waals surface area (Å²) in [5.74, 6) is -1.34. The van der Waals surface area contributed by atoms with Gasteiger partial charge in [-0.25, -0.2) is 4.79 Å². The zero-order valence-corrected chi connectivity index (χ0v) is 19.8. The maximum atomic E-state index is 13.3. The van der Waals surface area contributed by atoms with Gasteiger partial charge >= 0.3 is 6.03 Å². The van der Waals surface area contributed by atoms with Crippen LogP contribution in [0.5, 0.6) is 0 Å². The van der Waals surface area contributed by atoms with E-state index in [4.69, 9.17) is 21.1 Å². The van der Waals surface area contributed by atoms with E-state index in [-0.39, 0.29) is 18.9 Å². The summed E-state index contributed by atoms with van der Waals surface area (Å²) in [5.41, 5.74) is 3.80. The van der Waals surface area contributed by atoms with Crippen LogP contribution in [-0.4, -0.2) is 67.9 Å². The van der Waals surface area contributed by atoms with Gasteiger partial charge < -0.3 is 29.9 Å². The molecule has 2 N–H and O–H groups in total. The van der Waals surface area contributed by atoms with Crippen LogP contribution < -0.4 is 10.6 Å². The number of nitrogens with one attached hydrogen (secondary N) is 2. The summed E-state index contributed by atoms with van der Waals surface area (Å²) in [7, 11) is 5.12. The molecule has 9 heteroatoms. The quantitative estimate of drug-likeness (QED) is 0.650. The van der Waals surface area contributed by atoms with E-state index in [1.165, 1.54) is 30.2 Å². The number of methoxy groups -OCH3 is 2. The lowest BCUT2D eigenvalue weighted by atomic mass is 9.99. The van der Waals surface area contributed by atoms with Gasteiger partial charge in [-0.15, -0.1) is 0 Å². The molecule has 1 atom stereocenters. The predicted octanol–water partition coefficient (Wildman–Crippen LogP) is 3.56. The standard InChI is InChI=1S/C24H29ClN4O4/c1-28-11-10-16-12-20(7-4-17(16)14-28)26-22(30)21-13-24(32-2,33-3)15-29(21)23(31)27-19-8-5-18(25)6-9-19/h4-9,12,21H,10-11,13-15H2,1-3H3,(H,26,30)(H,27,31)/t21-/m1/s1. The zero-order chi connectivity index (χ0) is 23.6. The molecule has 1 saturated heterocycles. The Morgan fingerprint density at radius 1 is 1.03 bits per heavy atom. The Balaban J connectivity index is 1.52. The van der Waals surface area contributed by atoms with E-state index >= 15 is 0 Å². The monoisotopic (exact) mass is 472 g/mol. The van der Waals surface area contributed by atoms with Gasteiger partial charge in [0.2, 0.25) is 5.91 Å². The van der Waals surface area contributed by atoms with Gasteiger partial charge in [-0.1, -0.05) is 17.7 Å². The fourth-order valence-electron chi connectivity index (χ4n) is 4.39. The van der Waals surface area contributed by atoms with Gasteiger partial charge in [-0.05, 0) is 61.0 Å². The summed E-state index contributed by atoms with van der Waals surface area (Å²) in [6.45, 7) is 2.00. The number of benzene rings is 2. The highest BCUT2D eigenvalue weighted by molar-refractivity contribution is 6.30. The lowest BCUT2D eigenvalue weighted by Crippen LogP contribution is -2.45. The zero-order valence-electron chi connectivity index (χ0n) is 19.1. The Hall–Kier alpha value is -2.65. The summed E-state index contributed by atoms with van der Waals surface area (Å²) in [6, 6.07) is 11.6. The van der Waals surface area contributed by atoms with Crippen molar-refractivity contribution in [3.63, 3.8) is 0 Å². The van der Waals surface area contributed by atoms with E-state index < -0.39 is 17.9 Å². The molecule has 0 unspecified atom stereocenters. The van der Waals surface area contributed by atoms with Crippen molar-refractivity contribution in [1.82, 2.24) is 9.80 Å². The van der Waals surface area contributed by atoms with E-state index in [1.54, 1.807) is 24.3 Å².